The summed E-state index contributed by atoms with van der Waals surface area (Å²) in [7, 11) is 3.22. The number of aromatic nitrogens is 1. The molecular weight excluding hydrogens is 379 g/mol. The van der Waals surface area contributed by atoms with Gasteiger partial charge in [-0.2, -0.15) is 0 Å². The fourth-order valence-corrected chi connectivity index (χ4v) is 4.20. The summed E-state index contributed by atoms with van der Waals surface area (Å²) in [6, 6.07) is 10.9. The lowest BCUT2D eigenvalue weighted by molar-refractivity contribution is 0.0742. The molecule has 2 aromatic carbocycles. The highest BCUT2D eigenvalue weighted by Crippen LogP contribution is 2.35. The van der Waals surface area contributed by atoms with E-state index in [1.165, 1.54) is 7.11 Å². The van der Waals surface area contributed by atoms with Crippen LogP contribution in [0.2, 0.25) is 10.0 Å². The van der Waals surface area contributed by atoms with E-state index in [0.29, 0.717) is 21.4 Å². The molecule has 0 aliphatic rings. The van der Waals surface area contributed by atoms with Crippen LogP contribution >= 0.6 is 34.5 Å². The van der Waals surface area contributed by atoms with Crippen LogP contribution in [0.4, 0.5) is 0 Å². The van der Waals surface area contributed by atoms with E-state index in [2.05, 4.69) is 4.98 Å². The lowest BCUT2D eigenvalue weighted by atomic mass is 10.1. The van der Waals surface area contributed by atoms with Crippen molar-refractivity contribution in [2.75, 3.05) is 14.2 Å². The van der Waals surface area contributed by atoms with Crippen LogP contribution in [0, 0.1) is 0 Å². The SMILES string of the molecule is COc1c(Cl)cc(C(=O)N(C)[C@@H](C)c2nc3ccccc3s2)cc1Cl. The minimum Gasteiger partial charge on any atom is -0.494 e. The average molecular weight is 395 g/mol. The van der Waals surface area contributed by atoms with Crippen molar-refractivity contribution in [3.05, 3.63) is 57.0 Å². The number of hydrogen-bond acceptors (Lipinski definition) is 4. The van der Waals surface area contributed by atoms with Crippen LogP contribution in [-0.4, -0.2) is 29.9 Å². The molecule has 0 N–H and O–H groups in total. The standard InChI is InChI=1S/C18H16Cl2N2O2S/c1-10(17-21-14-6-4-5-7-15(14)25-17)22(2)18(23)11-8-12(19)16(24-3)13(20)9-11/h4-10H,1-3H3/t10-/m0/s1. The predicted octanol–water partition coefficient (Wildman–Crippen LogP) is 5.44. The number of thiazole rings is 1. The lowest BCUT2D eigenvalue weighted by Gasteiger charge is -2.23. The fourth-order valence-electron chi connectivity index (χ4n) is 2.49. The Morgan fingerprint density at radius 3 is 2.48 bits per heavy atom. The molecule has 3 rings (SSSR count). The van der Waals surface area contributed by atoms with E-state index in [1.54, 1.807) is 35.4 Å². The molecule has 4 nitrogen and oxygen atoms in total. The first-order valence-electron chi connectivity index (χ1n) is 7.58. The van der Waals surface area contributed by atoms with Gasteiger partial charge in [-0.15, -0.1) is 11.3 Å². The Morgan fingerprint density at radius 2 is 1.88 bits per heavy atom. The Labute approximate surface area is 159 Å². The quantitative estimate of drug-likeness (QED) is 0.590. The van der Waals surface area contributed by atoms with Gasteiger partial charge in [0, 0.05) is 12.6 Å². The molecule has 0 aliphatic carbocycles. The van der Waals surface area contributed by atoms with Gasteiger partial charge >= 0.3 is 0 Å². The molecule has 3 aromatic rings. The number of nitrogens with zero attached hydrogens (tertiary/aromatic N) is 2. The first-order chi connectivity index (χ1) is 11.9. The summed E-state index contributed by atoms with van der Waals surface area (Å²) in [5, 5.41) is 1.49. The van der Waals surface area contributed by atoms with Crippen molar-refractivity contribution in [1.82, 2.24) is 9.88 Å². The Balaban J connectivity index is 1.89. The molecule has 0 saturated heterocycles. The zero-order valence-corrected chi connectivity index (χ0v) is 16.2. The van der Waals surface area contributed by atoms with Gasteiger partial charge in [-0.1, -0.05) is 35.3 Å². The molecule has 130 valence electrons. The molecule has 25 heavy (non-hydrogen) atoms. The number of methoxy groups -OCH3 is 1. The Bertz CT molecular complexity index is 886. The summed E-state index contributed by atoms with van der Waals surface area (Å²) in [6.45, 7) is 1.95. The summed E-state index contributed by atoms with van der Waals surface area (Å²) in [4.78, 5) is 19.1. The summed E-state index contributed by atoms with van der Waals surface area (Å²) in [6.07, 6.45) is 0. The molecule has 7 heteroatoms. The fraction of sp³-hybridized carbons (Fsp3) is 0.222. The molecular formula is C18H16Cl2N2O2S. The van der Waals surface area contributed by atoms with Gasteiger partial charge in [0.05, 0.1) is 33.4 Å². The number of hydrogen-bond donors (Lipinski definition) is 0. The second-order valence-corrected chi connectivity index (χ2v) is 7.46. The third-order valence-electron chi connectivity index (χ3n) is 4.02. The lowest BCUT2D eigenvalue weighted by Crippen LogP contribution is -2.29. The first kappa shape index (κ1) is 18.0. The predicted molar refractivity (Wildman–Crippen MR) is 103 cm³/mol. The van der Waals surface area contributed by atoms with E-state index in [1.807, 2.05) is 31.2 Å². The van der Waals surface area contributed by atoms with Crippen molar-refractivity contribution in [3.8, 4) is 5.75 Å². The van der Waals surface area contributed by atoms with Gasteiger partial charge in [-0.25, -0.2) is 4.98 Å². The number of rotatable bonds is 4. The number of carbonyl (C=O) groups excluding carboxylic acids is 1. The molecule has 1 amide bonds. The molecule has 1 atom stereocenters. The number of carbonyl (C=O) groups is 1. The Kier molecular flexibility index (Phi) is 5.18. The van der Waals surface area contributed by atoms with Crippen LogP contribution in [0.25, 0.3) is 10.2 Å². The van der Waals surface area contributed by atoms with Crippen LogP contribution in [0.3, 0.4) is 0 Å². The van der Waals surface area contributed by atoms with Crippen LogP contribution in [-0.2, 0) is 0 Å². The minimum absolute atomic E-state index is 0.176. The van der Waals surface area contributed by atoms with Crippen molar-refractivity contribution in [1.29, 1.82) is 0 Å². The highest BCUT2D eigenvalue weighted by molar-refractivity contribution is 7.18. The van der Waals surface area contributed by atoms with E-state index < -0.39 is 0 Å². The maximum absolute atomic E-state index is 12.8. The van der Waals surface area contributed by atoms with E-state index in [-0.39, 0.29) is 11.9 Å². The topological polar surface area (TPSA) is 42.4 Å². The number of ether oxygens (including phenoxy) is 1. The molecule has 0 saturated carbocycles. The van der Waals surface area contributed by atoms with Gasteiger partial charge in [0.15, 0.2) is 5.75 Å². The highest BCUT2D eigenvalue weighted by atomic mass is 35.5. The molecule has 0 radical (unpaired) electrons. The average Bonchev–Trinajstić information content (AvgIpc) is 3.03. The van der Waals surface area contributed by atoms with Crippen molar-refractivity contribution >= 4 is 50.7 Å². The van der Waals surface area contributed by atoms with E-state index >= 15 is 0 Å². The maximum atomic E-state index is 12.8. The smallest absolute Gasteiger partial charge is 0.254 e. The summed E-state index contributed by atoms with van der Waals surface area (Å²) in [5.41, 5.74) is 1.34. The van der Waals surface area contributed by atoms with Crippen LogP contribution in [0.1, 0.15) is 28.3 Å². The van der Waals surface area contributed by atoms with Gasteiger partial charge in [0.2, 0.25) is 0 Å². The first-order valence-corrected chi connectivity index (χ1v) is 9.15. The van der Waals surface area contributed by atoms with Crippen molar-refractivity contribution in [3.63, 3.8) is 0 Å². The third kappa shape index (κ3) is 3.45. The maximum Gasteiger partial charge on any atom is 0.254 e. The zero-order valence-electron chi connectivity index (χ0n) is 13.9. The van der Waals surface area contributed by atoms with E-state index in [0.717, 1.165) is 15.2 Å². The van der Waals surface area contributed by atoms with E-state index in [9.17, 15) is 4.79 Å². The van der Waals surface area contributed by atoms with Gasteiger partial charge in [-0.05, 0) is 31.2 Å². The second kappa shape index (κ2) is 7.20. The van der Waals surface area contributed by atoms with Crippen LogP contribution < -0.4 is 4.74 Å². The molecule has 1 aromatic heterocycles. The third-order valence-corrected chi connectivity index (χ3v) is 5.79. The molecule has 0 fully saturated rings. The highest BCUT2D eigenvalue weighted by Gasteiger charge is 2.23. The van der Waals surface area contributed by atoms with Gasteiger partial charge < -0.3 is 9.64 Å². The second-order valence-electron chi connectivity index (χ2n) is 5.58. The Morgan fingerprint density at radius 1 is 1.24 bits per heavy atom. The van der Waals surface area contributed by atoms with Crippen LogP contribution in [0.5, 0.6) is 5.75 Å². The summed E-state index contributed by atoms with van der Waals surface area (Å²) >= 11 is 13.9. The largest absolute Gasteiger partial charge is 0.494 e. The van der Waals surface area contributed by atoms with Gasteiger partial charge in [0.1, 0.15) is 5.01 Å². The Hall–Kier alpha value is -1.82. The molecule has 0 bridgehead atoms. The normalized spacial score (nSPS) is 12.2. The summed E-state index contributed by atoms with van der Waals surface area (Å²) in [5.74, 6) is 0.181. The number of fused-ring (bicyclic) bond motifs is 1. The zero-order chi connectivity index (χ0) is 18.1. The monoisotopic (exact) mass is 394 g/mol. The number of para-hydroxylation sites is 1. The van der Waals surface area contributed by atoms with Crippen molar-refractivity contribution in [2.24, 2.45) is 0 Å². The number of amides is 1. The van der Waals surface area contributed by atoms with Crippen molar-refractivity contribution in [2.45, 2.75) is 13.0 Å². The molecule has 0 unspecified atom stereocenters. The van der Waals surface area contributed by atoms with Gasteiger partial charge in [0.25, 0.3) is 5.91 Å². The van der Waals surface area contributed by atoms with Crippen LogP contribution in [0.15, 0.2) is 36.4 Å². The summed E-state index contributed by atoms with van der Waals surface area (Å²) < 4.78 is 6.22. The molecule has 1 heterocycles. The van der Waals surface area contributed by atoms with E-state index in [4.69, 9.17) is 27.9 Å². The minimum atomic E-state index is -0.182. The number of halogens is 2. The van der Waals surface area contributed by atoms with Gasteiger partial charge in [-0.3, -0.25) is 4.79 Å². The number of benzene rings is 2. The molecule has 0 aliphatic heterocycles. The molecule has 0 spiro atoms. The van der Waals surface area contributed by atoms with Crippen molar-refractivity contribution < 1.29 is 9.53 Å².